The van der Waals surface area contributed by atoms with Crippen molar-refractivity contribution >= 4 is 5.91 Å². The largest absolute Gasteiger partial charge is 0.507 e. The van der Waals surface area contributed by atoms with E-state index in [4.69, 9.17) is 5.73 Å². The summed E-state index contributed by atoms with van der Waals surface area (Å²) in [5, 5.41) is 9.77. The number of amides is 1. The Balaban J connectivity index is 2.90. The molecule has 0 saturated heterocycles. The van der Waals surface area contributed by atoms with Crippen LogP contribution in [-0.2, 0) is 0 Å². The second-order valence-electron chi connectivity index (χ2n) is 4.46. The molecule has 0 heterocycles. The molecule has 0 saturated carbocycles. The smallest absolute Gasteiger partial charge is 0.257 e. The van der Waals surface area contributed by atoms with Gasteiger partial charge in [0.25, 0.3) is 5.91 Å². The first-order chi connectivity index (χ1) is 8.60. The van der Waals surface area contributed by atoms with Crippen LogP contribution in [0.1, 0.15) is 35.7 Å². The number of benzene rings is 1. The molecule has 0 aliphatic rings. The van der Waals surface area contributed by atoms with Crippen molar-refractivity contribution < 1.29 is 9.90 Å². The maximum atomic E-state index is 12.3. The molecule has 18 heavy (non-hydrogen) atoms. The van der Waals surface area contributed by atoms with E-state index in [2.05, 4.69) is 6.92 Å². The number of carbonyl (C=O) groups excluding carboxylic acids is 1. The van der Waals surface area contributed by atoms with Crippen molar-refractivity contribution in [2.24, 2.45) is 5.73 Å². The van der Waals surface area contributed by atoms with Crippen LogP contribution >= 0.6 is 0 Å². The first kappa shape index (κ1) is 14.5. The number of phenolic OH excluding ortho intramolecular Hbond substituents is 1. The van der Waals surface area contributed by atoms with Crippen molar-refractivity contribution in [2.75, 3.05) is 19.6 Å². The first-order valence-electron chi connectivity index (χ1n) is 6.39. The van der Waals surface area contributed by atoms with E-state index >= 15 is 0 Å². The lowest BCUT2D eigenvalue weighted by atomic mass is 10.1. The minimum Gasteiger partial charge on any atom is -0.507 e. The maximum Gasteiger partial charge on any atom is 0.257 e. The highest BCUT2D eigenvalue weighted by Gasteiger charge is 2.18. The van der Waals surface area contributed by atoms with Gasteiger partial charge >= 0.3 is 0 Å². The summed E-state index contributed by atoms with van der Waals surface area (Å²) in [4.78, 5) is 14.0. The third kappa shape index (κ3) is 3.74. The predicted octanol–water partition coefficient (Wildman–Crippen LogP) is 1.90. The molecular formula is C14H22N2O2. The van der Waals surface area contributed by atoms with E-state index in [0.29, 0.717) is 25.2 Å². The van der Waals surface area contributed by atoms with Gasteiger partial charge in [0.2, 0.25) is 0 Å². The van der Waals surface area contributed by atoms with Crippen LogP contribution < -0.4 is 5.73 Å². The van der Waals surface area contributed by atoms with E-state index < -0.39 is 0 Å². The molecule has 0 fully saturated rings. The topological polar surface area (TPSA) is 66.6 Å². The summed E-state index contributed by atoms with van der Waals surface area (Å²) < 4.78 is 0. The molecule has 0 aliphatic heterocycles. The fourth-order valence-electron chi connectivity index (χ4n) is 1.81. The average Bonchev–Trinajstić information content (AvgIpc) is 2.36. The van der Waals surface area contributed by atoms with Crippen LogP contribution in [0, 0.1) is 6.92 Å². The second kappa shape index (κ2) is 7.01. The number of phenols is 1. The van der Waals surface area contributed by atoms with Gasteiger partial charge in [0, 0.05) is 19.6 Å². The van der Waals surface area contributed by atoms with Crippen LogP contribution in [0.3, 0.4) is 0 Å². The Morgan fingerprint density at radius 2 is 2.11 bits per heavy atom. The molecule has 4 heteroatoms. The molecule has 1 aromatic rings. The van der Waals surface area contributed by atoms with Crippen LogP contribution in [0.4, 0.5) is 0 Å². The van der Waals surface area contributed by atoms with Crippen LogP contribution in [0.25, 0.3) is 0 Å². The van der Waals surface area contributed by atoms with E-state index in [9.17, 15) is 9.90 Å². The summed E-state index contributed by atoms with van der Waals surface area (Å²) in [5.41, 5.74) is 6.85. The monoisotopic (exact) mass is 250 g/mol. The molecule has 3 N–H and O–H groups in total. The van der Waals surface area contributed by atoms with Gasteiger partial charge in [0.15, 0.2) is 0 Å². The number of unbranched alkanes of at least 4 members (excludes halogenated alkanes) is 1. The number of aryl methyl sites for hydroxylation is 1. The quantitative estimate of drug-likeness (QED) is 0.810. The van der Waals surface area contributed by atoms with E-state index in [1.165, 1.54) is 0 Å². The minimum atomic E-state index is -0.143. The Labute approximate surface area is 108 Å². The molecule has 0 aliphatic carbocycles. The molecule has 4 nitrogen and oxygen atoms in total. The zero-order valence-corrected chi connectivity index (χ0v) is 11.1. The number of hydrogen-bond donors (Lipinski definition) is 2. The van der Waals surface area contributed by atoms with E-state index in [1.54, 1.807) is 23.1 Å². The standard InChI is InChI=1S/C14H22N2O2/c1-3-4-8-16(9-7-15)14(18)12-10-11(2)5-6-13(12)17/h5-6,10,17H,3-4,7-9,15H2,1-2H3. The molecule has 0 bridgehead atoms. The summed E-state index contributed by atoms with van der Waals surface area (Å²) in [5.74, 6) is -0.112. The number of rotatable bonds is 6. The molecule has 1 amide bonds. The normalized spacial score (nSPS) is 10.4. The van der Waals surface area contributed by atoms with E-state index in [1.807, 2.05) is 6.92 Å². The third-order valence-corrected chi connectivity index (χ3v) is 2.85. The van der Waals surface area contributed by atoms with Crippen LogP contribution in [0.2, 0.25) is 0 Å². The summed E-state index contributed by atoms with van der Waals surface area (Å²) in [6, 6.07) is 5.06. The molecule has 0 unspecified atom stereocenters. The van der Waals surface area contributed by atoms with E-state index in [0.717, 1.165) is 18.4 Å². The number of nitrogens with zero attached hydrogens (tertiary/aromatic N) is 1. The van der Waals surface area contributed by atoms with Crippen LogP contribution in [0.15, 0.2) is 18.2 Å². The Bertz CT molecular complexity index is 405. The Kier molecular flexibility index (Phi) is 5.65. The summed E-state index contributed by atoms with van der Waals surface area (Å²) >= 11 is 0. The average molecular weight is 250 g/mol. The highest BCUT2D eigenvalue weighted by atomic mass is 16.3. The first-order valence-corrected chi connectivity index (χ1v) is 6.39. The SMILES string of the molecule is CCCCN(CCN)C(=O)c1cc(C)ccc1O. The Hall–Kier alpha value is -1.55. The molecule has 100 valence electrons. The molecule has 1 rings (SSSR count). The Morgan fingerprint density at radius 1 is 1.39 bits per heavy atom. The van der Waals surface area contributed by atoms with Gasteiger partial charge in [-0.25, -0.2) is 0 Å². The Morgan fingerprint density at radius 3 is 2.72 bits per heavy atom. The van der Waals surface area contributed by atoms with Gasteiger partial charge in [-0.05, 0) is 25.5 Å². The summed E-state index contributed by atoms with van der Waals surface area (Å²) in [6.45, 7) is 5.61. The second-order valence-corrected chi connectivity index (χ2v) is 4.46. The lowest BCUT2D eigenvalue weighted by Gasteiger charge is -2.22. The number of hydrogen-bond acceptors (Lipinski definition) is 3. The fraction of sp³-hybridized carbons (Fsp3) is 0.500. The molecule has 0 aromatic heterocycles. The highest BCUT2D eigenvalue weighted by Crippen LogP contribution is 2.20. The molecular weight excluding hydrogens is 228 g/mol. The van der Waals surface area contributed by atoms with Crippen molar-refractivity contribution in [3.05, 3.63) is 29.3 Å². The van der Waals surface area contributed by atoms with Gasteiger partial charge in [-0.2, -0.15) is 0 Å². The zero-order chi connectivity index (χ0) is 13.5. The van der Waals surface area contributed by atoms with Crippen molar-refractivity contribution in [1.29, 1.82) is 0 Å². The van der Waals surface area contributed by atoms with Crippen molar-refractivity contribution in [3.8, 4) is 5.75 Å². The molecule has 0 atom stereocenters. The predicted molar refractivity (Wildman–Crippen MR) is 72.7 cm³/mol. The molecule has 1 aromatic carbocycles. The lowest BCUT2D eigenvalue weighted by molar-refractivity contribution is 0.0755. The lowest BCUT2D eigenvalue weighted by Crippen LogP contribution is -2.36. The number of aromatic hydroxyl groups is 1. The summed E-state index contributed by atoms with van der Waals surface area (Å²) in [6.07, 6.45) is 1.96. The van der Waals surface area contributed by atoms with Gasteiger partial charge in [0.05, 0.1) is 5.56 Å². The van der Waals surface area contributed by atoms with Crippen LogP contribution in [-0.4, -0.2) is 35.5 Å². The maximum absolute atomic E-state index is 12.3. The number of carbonyl (C=O) groups is 1. The van der Waals surface area contributed by atoms with Gasteiger partial charge in [-0.1, -0.05) is 25.0 Å². The van der Waals surface area contributed by atoms with Gasteiger partial charge in [-0.3, -0.25) is 4.79 Å². The zero-order valence-electron chi connectivity index (χ0n) is 11.1. The molecule has 0 spiro atoms. The van der Waals surface area contributed by atoms with Crippen molar-refractivity contribution in [3.63, 3.8) is 0 Å². The van der Waals surface area contributed by atoms with Gasteiger partial charge < -0.3 is 15.7 Å². The van der Waals surface area contributed by atoms with E-state index in [-0.39, 0.29) is 11.7 Å². The molecule has 0 radical (unpaired) electrons. The highest BCUT2D eigenvalue weighted by molar-refractivity contribution is 5.97. The third-order valence-electron chi connectivity index (χ3n) is 2.85. The minimum absolute atomic E-state index is 0.0316. The number of nitrogens with two attached hydrogens (primary N) is 1. The fourth-order valence-corrected chi connectivity index (χ4v) is 1.81. The van der Waals surface area contributed by atoms with Crippen LogP contribution in [0.5, 0.6) is 5.75 Å². The van der Waals surface area contributed by atoms with Crippen molar-refractivity contribution in [2.45, 2.75) is 26.7 Å². The van der Waals surface area contributed by atoms with Gasteiger partial charge in [-0.15, -0.1) is 0 Å². The van der Waals surface area contributed by atoms with Gasteiger partial charge in [0.1, 0.15) is 5.75 Å². The van der Waals surface area contributed by atoms with Crippen molar-refractivity contribution in [1.82, 2.24) is 4.90 Å². The summed E-state index contributed by atoms with van der Waals surface area (Å²) in [7, 11) is 0.